The third-order valence-corrected chi connectivity index (χ3v) is 4.98. The highest BCUT2D eigenvalue weighted by Crippen LogP contribution is 2.11. The number of carbonyl (C=O) groups excluding carboxylic acids is 2. The predicted octanol–water partition coefficient (Wildman–Crippen LogP) is 3.42. The zero-order valence-electron chi connectivity index (χ0n) is 17.2. The summed E-state index contributed by atoms with van der Waals surface area (Å²) in [6.07, 6.45) is 3.70. The molecule has 6 nitrogen and oxygen atoms in total. The van der Waals surface area contributed by atoms with Gasteiger partial charge in [-0.3, -0.25) is 14.4 Å². The third kappa shape index (κ3) is 6.06. The Balaban J connectivity index is 1.85. The number of nitrogens with one attached hydrogen (secondary N) is 2. The Kier molecular flexibility index (Phi) is 7.62. The van der Waals surface area contributed by atoms with E-state index in [0.29, 0.717) is 24.5 Å². The lowest BCUT2D eigenvalue weighted by atomic mass is 10.1. The molecule has 160 valence electrons. The summed E-state index contributed by atoms with van der Waals surface area (Å²) in [5.41, 5.74) is 1.22. The van der Waals surface area contributed by atoms with Crippen molar-refractivity contribution in [3.8, 4) is 0 Å². The summed E-state index contributed by atoms with van der Waals surface area (Å²) < 4.78 is 1.72. The number of aromatic nitrogens is 1. The largest absolute Gasteiger partial charge is 0.352 e. The maximum Gasteiger partial charge on any atom is 0.257 e. The van der Waals surface area contributed by atoms with Crippen molar-refractivity contribution in [1.29, 1.82) is 0 Å². The maximum absolute atomic E-state index is 12.9. The molecule has 3 rings (SSSR count). The van der Waals surface area contributed by atoms with Crippen molar-refractivity contribution >= 4 is 23.4 Å². The molecule has 2 N–H and O–H groups in total. The van der Waals surface area contributed by atoms with E-state index < -0.39 is 17.2 Å². The molecular formula is C24H24ClN3O3. The summed E-state index contributed by atoms with van der Waals surface area (Å²) in [4.78, 5) is 38.1. The lowest BCUT2D eigenvalue weighted by Gasteiger charge is -2.13. The van der Waals surface area contributed by atoms with Crippen LogP contribution in [0.3, 0.4) is 0 Å². The first-order chi connectivity index (χ1) is 15.0. The van der Waals surface area contributed by atoms with Crippen molar-refractivity contribution in [2.75, 3.05) is 6.54 Å². The highest BCUT2D eigenvalue weighted by molar-refractivity contribution is 6.30. The highest BCUT2D eigenvalue weighted by Gasteiger charge is 2.19. The van der Waals surface area contributed by atoms with Crippen molar-refractivity contribution < 1.29 is 9.59 Å². The molecule has 0 unspecified atom stereocenters. The van der Waals surface area contributed by atoms with E-state index in [4.69, 9.17) is 11.6 Å². The van der Waals surface area contributed by atoms with Crippen LogP contribution in [0.4, 0.5) is 0 Å². The summed E-state index contributed by atoms with van der Waals surface area (Å²) in [5.74, 6) is -1.03. The second-order valence-corrected chi connectivity index (χ2v) is 7.50. The summed E-state index contributed by atoms with van der Waals surface area (Å²) in [5, 5.41) is 5.94. The molecule has 7 heteroatoms. The first-order valence-corrected chi connectivity index (χ1v) is 10.4. The van der Waals surface area contributed by atoms with Crippen LogP contribution in [0.25, 0.3) is 0 Å². The van der Waals surface area contributed by atoms with Crippen molar-refractivity contribution in [1.82, 2.24) is 15.2 Å². The summed E-state index contributed by atoms with van der Waals surface area (Å²) in [6.45, 7) is 2.89. The molecule has 0 radical (unpaired) electrons. The number of halogens is 1. The van der Waals surface area contributed by atoms with E-state index in [1.54, 1.807) is 29.7 Å². The Labute approximate surface area is 185 Å². The molecule has 0 atom stereocenters. The summed E-state index contributed by atoms with van der Waals surface area (Å²) >= 11 is 5.98. The standard InChI is InChI=1S/C24H24ClN3O3/c1-2-26-23(30)20-15-28(12-11-17-7-4-3-5-8-17)16-21(22(20)29)24(31)27-14-18-9-6-10-19(25)13-18/h3-10,13,15-16H,2,11-12,14H2,1H3,(H,26,30)(H,27,31). The molecule has 0 bridgehead atoms. The van der Waals surface area contributed by atoms with Crippen molar-refractivity contribution in [3.05, 3.63) is 104 Å². The van der Waals surface area contributed by atoms with Crippen molar-refractivity contribution in [2.45, 2.75) is 26.4 Å². The fraction of sp³-hybridized carbons (Fsp3) is 0.208. The molecular weight excluding hydrogens is 414 g/mol. The topological polar surface area (TPSA) is 80.2 Å². The molecule has 2 amide bonds. The van der Waals surface area contributed by atoms with Crippen LogP contribution in [-0.4, -0.2) is 22.9 Å². The van der Waals surface area contributed by atoms with E-state index in [2.05, 4.69) is 10.6 Å². The predicted molar refractivity (Wildman–Crippen MR) is 121 cm³/mol. The minimum atomic E-state index is -0.592. The first kappa shape index (κ1) is 22.3. The van der Waals surface area contributed by atoms with Gasteiger partial charge in [0.2, 0.25) is 5.43 Å². The number of carbonyl (C=O) groups is 2. The number of nitrogens with zero attached hydrogens (tertiary/aromatic N) is 1. The Morgan fingerprint density at radius 2 is 1.55 bits per heavy atom. The van der Waals surface area contributed by atoms with Gasteiger partial charge in [-0.15, -0.1) is 0 Å². The van der Waals surface area contributed by atoms with E-state index >= 15 is 0 Å². The Hall–Kier alpha value is -3.38. The van der Waals surface area contributed by atoms with Gasteiger partial charge in [-0.25, -0.2) is 0 Å². The molecule has 31 heavy (non-hydrogen) atoms. The van der Waals surface area contributed by atoms with Gasteiger partial charge in [0.25, 0.3) is 11.8 Å². The fourth-order valence-electron chi connectivity index (χ4n) is 3.17. The van der Waals surface area contributed by atoms with Gasteiger partial charge in [0.05, 0.1) is 0 Å². The maximum atomic E-state index is 12.9. The molecule has 2 aromatic carbocycles. The van der Waals surface area contributed by atoms with Crippen LogP contribution < -0.4 is 16.1 Å². The third-order valence-electron chi connectivity index (χ3n) is 4.75. The van der Waals surface area contributed by atoms with Gasteiger partial charge in [-0.2, -0.15) is 0 Å². The second kappa shape index (κ2) is 10.6. The minimum absolute atomic E-state index is 0.0506. The Morgan fingerprint density at radius 3 is 2.19 bits per heavy atom. The van der Waals surface area contributed by atoms with E-state index in [9.17, 15) is 14.4 Å². The molecule has 0 saturated heterocycles. The normalized spacial score (nSPS) is 10.5. The second-order valence-electron chi connectivity index (χ2n) is 7.06. The zero-order chi connectivity index (χ0) is 22.2. The van der Waals surface area contributed by atoms with Gasteiger partial charge < -0.3 is 15.2 Å². The highest BCUT2D eigenvalue weighted by atomic mass is 35.5. The van der Waals surface area contributed by atoms with Gasteiger partial charge in [0, 0.05) is 37.1 Å². The van der Waals surface area contributed by atoms with Gasteiger partial charge >= 0.3 is 0 Å². The van der Waals surface area contributed by atoms with E-state index in [-0.39, 0.29) is 17.7 Å². The number of hydrogen-bond donors (Lipinski definition) is 2. The average molecular weight is 438 g/mol. The number of hydrogen-bond acceptors (Lipinski definition) is 3. The van der Waals surface area contributed by atoms with Crippen LogP contribution in [0.1, 0.15) is 38.8 Å². The van der Waals surface area contributed by atoms with Crippen LogP contribution in [0, 0.1) is 0 Å². The molecule has 0 fully saturated rings. The van der Waals surface area contributed by atoms with Crippen LogP contribution in [-0.2, 0) is 19.5 Å². The van der Waals surface area contributed by atoms with Crippen LogP contribution in [0.15, 0.2) is 71.8 Å². The SMILES string of the molecule is CCNC(=O)c1cn(CCc2ccccc2)cc(C(=O)NCc2cccc(Cl)c2)c1=O. The molecule has 1 aromatic heterocycles. The number of pyridine rings is 1. The van der Waals surface area contributed by atoms with E-state index in [1.807, 2.05) is 36.4 Å². The molecule has 0 spiro atoms. The molecule has 0 aliphatic carbocycles. The molecule has 0 aliphatic rings. The molecule has 3 aromatic rings. The lowest BCUT2D eigenvalue weighted by Crippen LogP contribution is -2.35. The fourth-order valence-corrected chi connectivity index (χ4v) is 3.38. The van der Waals surface area contributed by atoms with Crippen molar-refractivity contribution in [2.24, 2.45) is 0 Å². The Bertz CT molecular complexity index is 1130. The van der Waals surface area contributed by atoms with Gasteiger partial charge in [0.15, 0.2) is 0 Å². The quantitative estimate of drug-likeness (QED) is 0.566. The van der Waals surface area contributed by atoms with Crippen LogP contribution >= 0.6 is 11.6 Å². The Morgan fingerprint density at radius 1 is 0.903 bits per heavy atom. The average Bonchev–Trinajstić information content (AvgIpc) is 2.77. The summed E-state index contributed by atoms with van der Waals surface area (Å²) in [7, 11) is 0. The minimum Gasteiger partial charge on any atom is -0.352 e. The van der Waals surface area contributed by atoms with E-state index in [0.717, 1.165) is 11.1 Å². The van der Waals surface area contributed by atoms with Gasteiger partial charge in [0.1, 0.15) is 11.1 Å². The van der Waals surface area contributed by atoms with Crippen LogP contribution in [0.5, 0.6) is 0 Å². The smallest absolute Gasteiger partial charge is 0.257 e. The number of amides is 2. The number of rotatable bonds is 8. The molecule has 0 saturated carbocycles. The number of benzene rings is 2. The number of aryl methyl sites for hydroxylation is 2. The first-order valence-electron chi connectivity index (χ1n) is 10.1. The monoisotopic (exact) mass is 437 g/mol. The van der Waals surface area contributed by atoms with Gasteiger partial charge in [-0.1, -0.05) is 54.1 Å². The summed E-state index contributed by atoms with van der Waals surface area (Å²) in [6, 6.07) is 17.0. The van der Waals surface area contributed by atoms with Crippen molar-refractivity contribution in [3.63, 3.8) is 0 Å². The van der Waals surface area contributed by atoms with Crippen LogP contribution in [0.2, 0.25) is 5.02 Å². The lowest BCUT2D eigenvalue weighted by molar-refractivity contribution is 0.0948. The molecule has 0 aliphatic heterocycles. The molecule has 1 heterocycles. The van der Waals surface area contributed by atoms with Gasteiger partial charge in [-0.05, 0) is 36.6 Å². The van der Waals surface area contributed by atoms with E-state index in [1.165, 1.54) is 12.4 Å². The zero-order valence-corrected chi connectivity index (χ0v) is 18.0.